The molecule has 0 saturated heterocycles. The number of nitrogens with zero attached hydrogens (tertiary/aromatic N) is 1. The summed E-state index contributed by atoms with van der Waals surface area (Å²) in [5.74, 6) is -1.16. The van der Waals surface area contributed by atoms with E-state index in [1.54, 1.807) is 54.9 Å². The van der Waals surface area contributed by atoms with Gasteiger partial charge in [0.1, 0.15) is 0 Å². The van der Waals surface area contributed by atoms with E-state index in [1.165, 1.54) is 11.3 Å². The van der Waals surface area contributed by atoms with Gasteiger partial charge in [-0.3, -0.25) is 0 Å². The Morgan fingerprint density at radius 1 is 1.17 bits per heavy atom. The van der Waals surface area contributed by atoms with E-state index in [-0.39, 0.29) is 6.61 Å². The largest absolute Gasteiger partial charge is 0.463 e. The van der Waals surface area contributed by atoms with Gasteiger partial charge in [-0.15, -0.1) is 11.3 Å². The van der Waals surface area contributed by atoms with Crippen LogP contribution in [0.25, 0.3) is 10.2 Å². The Labute approximate surface area is 142 Å². The molecule has 0 radical (unpaired) electrons. The summed E-state index contributed by atoms with van der Waals surface area (Å²) < 4.78 is 11.3. The van der Waals surface area contributed by atoms with Gasteiger partial charge >= 0.3 is 11.9 Å². The third kappa shape index (κ3) is 3.44. The number of carbonyl (C=O) groups is 2. The Hall–Kier alpha value is -2.73. The Kier molecular flexibility index (Phi) is 4.86. The summed E-state index contributed by atoms with van der Waals surface area (Å²) >= 11 is 1.44. The topological polar surface area (TPSA) is 65.5 Å². The van der Waals surface area contributed by atoms with Crippen molar-refractivity contribution in [2.24, 2.45) is 0 Å². The van der Waals surface area contributed by atoms with Gasteiger partial charge in [-0.2, -0.15) is 0 Å². The van der Waals surface area contributed by atoms with E-state index in [4.69, 9.17) is 9.47 Å². The molecule has 0 bridgehead atoms. The number of fused-ring (bicyclic) bond motifs is 1. The van der Waals surface area contributed by atoms with Crippen molar-refractivity contribution in [1.82, 2.24) is 4.98 Å². The highest BCUT2D eigenvalue weighted by atomic mass is 32.1. The van der Waals surface area contributed by atoms with Gasteiger partial charge in [-0.25, -0.2) is 14.6 Å². The Bertz CT molecular complexity index is 860. The lowest BCUT2D eigenvalue weighted by Crippen LogP contribution is -2.22. The normalized spacial score (nSPS) is 11.9. The molecule has 0 aliphatic heterocycles. The number of benzene rings is 2. The maximum atomic E-state index is 12.5. The molecule has 0 saturated carbocycles. The van der Waals surface area contributed by atoms with Crippen molar-refractivity contribution in [2.75, 3.05) is 6.61 Å². The van der Waals surface area contributed by atoms with Crippen molar-refractivity contribution in [3.8, 4) is 0 Å². The van der Waals surface area contributed by atoms with E-state index < -0.39 is 18.0 Å². The number of ether oxygens (including phenoxy) is 2. The minimum Gasteiger partial charge on any atom is -0.463 e. The molecular formula is C18H15NO4S. The van der Waals surface area contributed by atoms with Gasteiger partial charge in [0.15, 0.2) is 0 Å². The quantitative estimate of drug-likeness (QED) is 0.661. The first-order valence-corrected chi connectivity index (χ1v) is 8.33. The summed E-state index contributed by atoms with van der Waals surface area (Å²) in [6.45, 7) is 1.92. The van der Waals surface area contributed by atoms with Crippen LogP contribution >= 0.6 is 11.3 Å². The molecule has 24 heavy (non-hydrogen) atoms. The highest BCUT2D eigenvalue weighted by molar-refractivity contribution is 7.16. The number of carbonyl (C=O) groups excluding carboxylic acids is 2. The lowest BCUT2D eigenvalue weighted by atomic mass is 10.1. The molecule has 5 nitrogen and oxygen atoms in total. The molecule has 0 aliphatic carbocycles. The highest BCUT2D eigenvalue weighted by Crippen LogP contribution is 2.23. The molecule has 0 N–H and O–H groups in total. The Morgan fingerprint density at radius 2 is 1.96 bits per heavy atom. The van der Waals surface area contributed by atoms with Crippen molar-refractivity contribution in [1.29, 1.82) is 0 Å². The third-order valence-corrected chi connectivity index (χ3v) is 4.19. The van der Waals surface area contributed by atoms with Crippen LogP contribution in [0.3, 0.4) is 0 Å². The molecule has 1 atom stereocenters. The molecule has 3 rings (SSSR count). The maximum absolute atomic E-state index is 12.5. The van der Waals surface area contributed by atoms with Crippen molar-refractivity contribution < 1.29 is 19.1 Å². The molecule has 3 aromatic rings. The Balaban J connectivity index is 1.85. The van der Waals surface area contributed by atoms with E-state index >= 15 is 0 Å². The molecular weight excluding hydrogens is 326 g/mol. The minimum atomic E-state index is -1.09. The monoisotopic (exact) mass is 341 g/mol. The molecule has 1 heterocycles. The van der Waals surface area contributed by atoms with E-state index in [0.717, 1.165) is 10.2 Å². The molecule has 0 aliphatic rings. The molecule has 0 unspecified atom stereocenters. The van der Waals surface area contributed by atoms with Crippen LogP contribution in [0.5, 0.6) is 0 Å². The first kappa shape index (κ1) is 16.1. The zero-order valence-electron chi connectivity index (χ0n) is 13.0. The average Bonchev–Trinajstić information content (AvgIpc) is 3.08. The number of hydrogen-bond acceptors (Lipinski definition) is 6. The standard InChI is InChI=1S/C18H15NO4S/c1-2-22-18(21)16(12-6-4-3-5-7-12)23-17(20)13-8-9-14-15(10-13)24-11-19-14/h3-11,16H,2H2,1H3/t16-/m0/s1. The lowest BCUT2D eigenvalue weighted by molar-refractivity contribution is -0.153. The maximum Gasteiger partial charge on any atom is 0.352 e. The van der Waals surface area contributed by atoms with Crippen molar-refractivity contribution in [3.05, 3.63) is 65.2 Å². The van der Waals surface area contributed by atoms with Gasteiger partial charge in [-0.05, 0) is 25.1 Å². The first-order chi connectivity index (χ1) is 11.7. The summed E-state index contributed by atoms with van der Waals surface area (Å²) in [6, 6.07) is 13.9. The fraction of sp³-hybridized carbons (Fsp3) is 0.167. The van der Waals surface area contributed by atoms with Crippen LogP contribution in [0.15, 0.2) is 54.0 Å². The van der Waals surface area contributed by atoms with E-state index in [1.807, 2.05) is 6.07 Å². The zero-order valence-corrected chi connectivity index (χ0v) is 13.8. The van der Waals surface area contributed by atoms with Crippen LogP contribution in [0.2, 0.25) is 0 Å². The van der Waals surface area contributed by atoms with Gasteiger partial charge in [-0.1, -0.05) is 30.3 Å². The second-order valence-electron chi connectivity index (χ2n) is 4.98. The van der Waals surface area contributed by atoms with Crippen LogP contribution in [-0.2, 0) is 14.3 Å². The molecule has 1 aromatic heterocycles. The number of aromatic nitrogens is 1. The summed E-state index contributed by atoms with van der Waals surface area (Å²) in [4.78, 5) is 28.8. The minimum absolute atomic E-state index is 0.215. The highest BCUT2D eigenvalue weighted by Gasteiger charge is 2.27. The van der Waals surface area contributed by atoms with Crippen molar-refractivity contribution >= 4 is 33.5 Å². The summed E-state index contributed by atoms with van der Waals surface area (Å²) in [6.07, 6.45) is -1.09. The smallest absolute Gasteiger partial charge is 0.352 e. The van der Waals surface area contributed by atoms with E-state index in [0.29, 0.717) is 11.1 Å². The number of rotatable bonds is 5. The van der Waals surface area contributed by atoms with Crippen molar-refractivity contribution in [2.45, 2.75) is 13.0 Å². The number of thiazole rings is 1. The second kappa shape index (κ2) is 7.23. The van der Waals surface area contributed by atoms with Gasteiger partial charge < -0.3 is 9.47 Å². The van der Waals surface area contributed by atoms with Gasteiger partial charge in [0.25, 0.3) is 0 Å². The third-order valence-electron chi connectivity index (χ3n) is 3.39. The summed E-state index contributed by atoms with van der Waals surface area (Å²) in [5, 5.41) is 0. The van der Waals surface area contributed by atoms with Crippen LogP contribution < -0.4 is 0 Å². The van der Waals surface area contributed by atoms with Gasteiger partial charge in [0, 0.05) is 5.56 Å². The first-order valence-electron chi connectivity index (χ1n) is 7.45. The predicted molar refractivity (Wildman–Crippen MR) is 90.9 cm³/mol. The lowest BCUT2D eigenvalue weighted by Gasteiger charge is -2.16. The van der Waals surface area contributed by atoms with Gasteiger partial charge in [0.05, 0.1) is 27.9 Å². The number of esters is 2. The van der Waals surface area contributed by atoms with Crippen LogP contribution in [0.4, 0.5) is 0 Å². The van der Waals surface area contributed by atoms with E-state index in [9.17, 15) is 9.59 Å². The molecule has 0 spiro atoms. The zero-order chi connectivity index (χ0) is 16.9. The predicted octanol–water partition coefficient (Wildman–Crippen LogP) is 3.76. The number of hydrogen-bond donors (Lipinski definition) is 0. The average molecular weight is 341 g/mol. The van der Waals surface area contributed by atoms with Crippen LogP contribution in [-0.4, -0.2) is 23.5 Å². The van der Waals surface area contributed by atoms with Crippen LogP contribution in [0.1, 0.15) is 28.9 Å². The fourth-order valence-electron chi connectivity index (χ4n) is 2.26. The Morgan fingerprint density at radius 3 is 2.71 bits per heavy atom. The molecule has 0 fully saturated rings. The van der Waals surface area contributed by atoms with Gasteiger partial charge in [0.2, 0.25) is 6.10 Å². The molecule has 6 heteroatoms. The SMILES string of the molecule is CCOC(=O)[C@@H](OC(=O)c1ccc2ncsc2c1)c1ccccc1. The molecule has 0 amide bonds. The summed E-state index contributed by atoms with van der Waals surface area (Å²) in [7, 11) is 0. The second-order valence-corrected chi connectivity index (χ2v) is 5.87. The van der Waals surface area contributed by atoms with Crippen molar-refractivity contribution in [3.63, 3.8) is 0 Å². The molecule has 122 valence electrons. The summed E-state index contributed by atoms with van der Waals surface area (Å²) in [5.41, 5.74) is 3.48. The fourth-order valence-corrected chi connectivity index (χ4v) is 2.97. The molecule has 2 aromatic carbocycles. The van der Waals surface area contributed by atoms with E-state index in [2.05, 4.69) is 4.98 Å². The van der Waals surface area contributed by atoms with Crippen LogP contribution in [0, 0.1) is 0 Å².